The van der Waals surface area contributed by atoms with Gasteiger partial charge in [0.25, 0.3) is 0 Å². The highest BCUT2D eigenvalue weighted by atomic mass is 16.5. The lowest BCUT2D eigenvalue weighted by atomic mass is 10.2. The summed E-state index contributed by atoms with van der Waals surface area (Å²) in [6.45, 7) is 2.16. The molecular weight excluding hydrogens is 192 g/mol. The number of hydrogen-bond donors (Lipinski definition) is 2. The lowest BCUT2D eigenvalue weighted by Gasteiger charge is -2.12. The van der Waals surface area contributed by atoms with E-state index in [2.05, 4.69) is 5.32 Å². The van der Waals surface area contributed by atoms with Crippen LogP contribution in [0, 0.1) is 0 Å². The van der Waals surface area contributed by atoms with Gasteiger partial charge in [0, 0.05) is 25.2 Å². The smallest absolute Gasteiger partial charge is 0.165 e. The van der Waals surface area contributed by atoms with Gasteiger partial charge < -0.3 is 20.5 Å². The van der Waals surface area contributed by atoms with E-state index in [1.165, 1.54) is 0 Å². The fourth-order valence-electron chi connectivity index (χ4n) is 1.42. The number of methoxy groups -OCH3 is 2. The van der Waals surface area contributed by atoms with Gasteiger partial charge in [0.2, 0.25) is 0 Å². The second kappa shape index (κ2) is 6.27. The van der Waals surface area contributed by atoms with Gasteiger partial charge in [-0.1, -0.05) is 12.1 Å². The molecule has 0 aliphatic carbocycles. The van der Waals surface area contributed by atoms with Crippen molar-refractivity contribution in [2.24, 2.45) is 5.73 Å². The molecule has 0 saturated heterocycles. The van der Waals surface area contributed by atoms with E-state index in [1.54, 1.807) is 14.2 Å². The van der Waals surface area contributed by atoms with Gasteiger partial charge in [0.1, 0.15) is 0 Å². The zero-order valence-corrected chi connectivity index (χ0v) is 9.25. The maximum Gasteiger partial charge on any atom is 0.165 e. The summed E-state index contributed by atoms with van der Waals surface area (Å²) in [5, 5.41) is 3.22. The zero-order valence-electron chi connectivity index (χ0n) is 9.25. The maximum atomic E-state index is 5.40. The summed E-state index contributed by atoms with van der Waals surface area (Å²) in [5.41, 5.74) is 6.48. The van der Waals surface area contributed by atoms with E-state index in [4.69, 9.17) is 15.2 Å². The minimum atomic E-state index is 0.631. The third-order valence-corrected chi connectivity index (χ3v) is 2.12. The van der Waals surface area contributed by atoms with Crippen LogP contribution in [0.2, 0.25) is 0 Å². The number of ether oxygens (including phenoxy) is 2. The van der Waals surface area contributed by atoms with E-state index in [9.17, 15) is 0 Å². The van der Waals surface area contributed by atoms with Gasteiger partial charge in [0.05, 0.1) is 14.2 Å². The van der Waals surface area contributed by atoms with E-state index < -0.39 is 0 Å². The highest BCUT2D eigenvalue weighted by molar-refractivity contribution is 5.46. The van der Waals surface area contributed by atoms with Crippen molar-refractivity contribution in [2.45, 2.75) is 6.54 Å². The van der Waals surface area contributed by atoms with Crippen molar-refractivity contribution in [3.05, 3.63) is 23.8 Å². The molecular formula is C11H18N2O2. The van der Waals surface area contributed by atoms with Crippen LogP contribution in [0.15, 0.2) is 18.2 Å². The van der Waals surface area contributed by atoms with Crippen LogP contribution < -0.4 is 20.5 Å². The Morgan fingerprint density at radius 2 is 2.07 bits per heavy atom. The summed E-state index contributed by atoms with van der Waals surface area (Å²) in [5.74, 6) is 1.54. The van der Waals surface area contributed by atoms with E-state index in [1.807, 2.05) is 18.2 Å². The first-order chi connectivity index (χ1) is 7.33. The Labute approximate surface area is 90.4 Å². The number of nitrogens with one attached hydrogen (secondary N) is 1. The number of rotatable bonds is 6. The summed E-state index contributed by atoms with van der Waals surface area (Å²) < 4.78 is 10.5. The highest BCUT2D eigenvalue weighted by Crippen LogP contribution is 2.30. The third kappa shape index (κ3) is 3.11. The molecule has 4 heteroatoms. The topological polar surface area (TPSA) is 56.5 Å². The number of para-hydroxylation sites is 1. The predicted octanol–water partition coefficient (Wildman–Crippen LogP) is 0.752. The monoisotopic (exact) mass is 210 g/mol. The first kappa shape index (κ1) is 11.8. The second-order valence-corrected chi connectivity index (χ2v) is 3.12. The van der Waals surface area contributed by atoms with Crippen LogP contribution in [0.3, 0.4) is 0 Å². The Hall–Kier alpha value is -1.26. The van der Waals surface area contributed by atoms with E-state index in [0.29, 0.717) is 6.54 Å². The molecule has 0 bridgehead atoms. The Balaban J connectivity index is 2.76. The molecule has 15 heavy (non-hydrogen) atoms. The molecule has 0 fully saturated rings. The third-order valence-electron chi connectivity index (χ3n) is 2.12. The van der Waals surface area contributed by atoms with Crippen molar-refractivity contribution in [3.63, 3.8) is 0 Å². The molecule has 1 aromatic carbocycles. The molecule has 0 unspecified atom stereocenters. The van der Waals surface area contributed by atoms with Crippen molar-refractivity contribution in [1.82, 2.24) is 5.32 Å². The van der Waals surface area contributed by atoms with E-state index in [-0.39, 0.29) is 0 Å². The van der Waals surface area contributed by atoms with Gasteiger partial charge in [-0.3, -0.25) is 0 Å². The average molecular weight is 210 g/mol. The second-order valence-electron chi connectivity index (χ2n) is 3.12. The average Bonchev–Trinajstić information content (AvgIpc) is 2.29. The molecule has 0 aromatic heterocycles. The molecule has 84 valence electrons. The van der Waals surface area contributed by atoms with Gasteiger partial charge in [-0.15, -0.1) is 0 Å². The van der Waals surface area contributed by atoms with Crippen LogP contribution >= 0.6 is 0 Å². The van der Waals surface area contributed by atoms with Gasteiger partial charge >= 0.3 is 0 Å². The number of benzene rings is 1. The molecule has 0 heterocycles. The lowest BCUT2D eigenvalue weighted by Crippen LogP contribution is -2.22. The Morgan fingerprint density at radius 1 is 1.27 bits per heavy atom. The van der Waals surface area contributed by atoms with Crippen molar-refractivity contribution in [2.75, 3.05) is 27.3 Å². The quantitative estimate of drug-likeness (QED) is 0.680. The van der Waals surface area contributed by atoms with Crippen molar-refractivity contribution in [1.29, 1.82) is 0 Å². The Kier molecular flexibility index (Phi) is 4.93. The molecule has 0 saturated carbocycles. The molecule has 0 atom stereocenters. The van der Waals surface area contributed by atoms with Crippen molar-refractivity contribution < 1.29 is 9.47 Å². The molecule has 0 amide bonds. The van der Waals surface area contributed by atoms with Crippen molar-refractivity contribution >= 4 is 0 Å². The lowest BCUT2D eigenvalue weighted by molar-refractivity contribution is 0.351. The predicted molar refractivity (Wildman–Crippen MR) is 60.3 cm³/mol. The first-order valence-electron chi connectivity index (χ1n) is 4.94. The molecule has 4 nitrogen and oxygen atoms in total. The minimum Gasteiger partial charge on any atom is -0.493 e. The van der Waals surface area contributed by atoms with Gasteiger partial charge in [-0.25, -0.2) is 0 Å². The van der Waals surface area contributed by atoms with Gasteiger partial charge in [0.15, 0.2) is 11.5 Å². The van der Waals surface area contributed by atoms with Crippen LogP contribution in [0.1, 0.15) is 5.56 Å². The zero-order chi connectivity index (χ0) is 11.1. The summed E-state index contributed by atoms with van der Waals surface area (Å²) in [4.78, 5) is 0. The summed E-state index contributed by atoms with van der Waals surface area (Å²) in [6, 6.07) is 5.83. The van der Waals surface area contributed by atoms with Crippen LogP contribution in [0.5, 0.6) is 11.5 Å². The highest BCUT2D eigenvalue weighted by Gasteiger charge is 2.08. The van der Waals surface area contributed by atoms with Crippen LogP contribution in [0.4, 0.5) is 0 Å². The Morgan fingerprint density at radius 3 is 2.67 bits per heavy atom. The summed E-state index contributed by atoms with van der Waals surface area (Å²) >= 11 is 0. The molecule has 1 aromatic rings. The van der Waals surface area contributed by atoms with Gasteiger partial charge in [-0.2, -0.15) is 0 Å². The number of hydrogen-bond acceptors (Lipinski definition) is 4. The fourth-order valence-corrected chi connectivity index (χ4v) is 1.42. The first-order valence-corrected chi connectivity index (χ1v) is 4.94. The largest absolute Gasteiger partial charge is 0.493 e. The van der Waals surface area contributed by atoms with Crippen molar-refractivity contribution in [3.8, 4) is 11.5 Å². The standard InChI is InChI=1S/C11H18N2O2/c1-14-10-5-3-4-9(11(10)15-2)8-13-7-6-12/h3-5,13H,6-8,12H2,1-2H3. The SMILES string of the molecule is COc1cccc(CNCCN)c1OC. The van der Waals surface area contributed by atoms with Crippen LogP contribution in [-0.4, -0.2) is 27.3 Å². The number of nitrogens with two attached hydrogens (primary N) is 1. The summed E-state index contributed by atoms with van der Waals surface area (Å²) in [6.07, 6.45) is 0. The minimum absolute atomic E-state index is 0.631. The van der Waals surface area contributed by atoms with E-state index in [0.717, 1.165) is 30.2 Å². The Bertz CT molecular complexity index is 303. The fraction of sp³-hybridized carbons (Fsp3) is 0.455. The normalized spacial score (nSPS) is 10.1. The van der Waals surface area contributed by atoms with E-state index >= 15 is 0 Å². The summed E-state index contributed by atoms with van der Waals surface area (Å²) in [7, 11) is 3.28. The molecule has 0 aliphatic heterocycles. The van der Waals surface area contributed by atoms with Gasteiger partial charge in [-0.05, 0) is 6.07 Å². The molecule has 3 N–H and O–H groups in total. The molecule has 0 spiro atoms. The van der Waals surface area contributed by atoms with Crippen LogP contribution in [0.25, 0.3) is 0 Å². The molecule has 0 aliphatic rings. The molecule has 1 rings (SSSR count). The molecule has 0 radical (unpaired) electrons. The maximum absolute atomic E-state index is 5.40. The van der Waals surface area contributed by atoms with Crippen LogP contribution in [-0.2, 0) is 6.54 Å².